The fraction of sp³-hybridized carbons (Fsp3) is 0.133. The van der Waals surface area contributed by atoms with Gasteiger partial charge in [-0.25, -0.2) is 4.98 Å². The minimum atomic E-state index is 0.736. The first-order valence-corrected chi connectivity index (χ1v) is 7.04. The van der Waals surface area contributed by atoms with E-state index in [1.54, 1.807) is 11.3 Å². The lowest BCUT2D eigenvalue weighted by Gasteiger charge is -1.97. The van der Waals surface area contributed by atoms with Gasteiger partial charge in [0.05, 0.1) is 5.69 Å². The van der Waals surface area contributed by atoms with Crippen LogP contribution in [0.15, 0.2) is 42.4 Å². The van der Waals surface area contributed by atoms with E-state index < -0.39 is 0 Å². The Bertz CT molecular complexity index is 724. The van der Waals surface area contributed by atoms with E-state index in [-0.39, 0.29) is 0 Å². The second kappa shape index (κ2) is 4.90. The molecule has 2 heterocycles. The fourth-order valence-electron chi connectivity index (χ4n) is 2.08. The summed E-state index contributed by atoms with van der Waals surface area (Å²) in [6.07, 6.45) is 3.85. The smallest absolute Gasteiger partial charge is 0.183 e. The summed E-state index contributed by atoms with van der Waals surface area (Å²) < 4.78 is 0. The molecule has 0 radical (unpaired) electrons. The Balaban J connectivity index is 2.01. The number of rotatable bonds is 4. The maximum Gasteiger partial charge on any atom is 0.183 e. The number of thiazole rings is 1. The van der Waals surface area contributed by atoms with Crippen LogP contribution in [0.5, 0.6) is 0 Å². The first-order valence-electron chi connectivity index (χ1n) is 6.16. The van der Waals surface area contributed by atoms with Gasteiger partial charge in [0, 0.05) is 34.6 Å². The largest absolute Gasteiger partial charge is 0.360 e. The van der Waals surface area contributed by atoms with Gasteiger partial charge in [-0.1, -0.05) is 17.7 Å². The van der Waals surface area contributed by atoms with Crippen molar-refractivity contribution in [3.8, 4) is 11.3 Å². The molecule has 0 aliphatic heterocycles. The van der Waals surface area contributed by atoms with Gasteiger partial charge >= 0.3 is 0 Å². The van der Waals surface area contributed by atoms with Gasteiger partial charge in [0.25, 0.3) is 0 Å². The van der Waals surface area contributed by atoms with Crippen LogP contribution in [0, 0.1) is 6.92 Å². The number of benzene rings is 1. The van der Waals surface area contributed by atoms with E-state index in [9.17, 15) is 0 Å². The Morgan fingerprint density at radius 3 is 3.21 bits per heavy atom. The molecule has 96 valence electrons. The summed E-state index contributed by atoms with van der Waals surface area (Å²) >= 11 is 1.62. The molecule has 3 aromatic rings. The third-order valence-electron chi connectivity index (χ3n) is 3.02. The molecule has 0 spiro atoms. The number of anilines is 1. The third kappa shape index (κ3) is 2.27. The highest BCUT2D eigenvalue weighted by Crippen LogP contribution is 2.31. The number of H-pyrrole nitrogens is 1. The molecule has 3 nitrogen and oxygen atoms in total. The zero-order valence-corrected chi connectivity index (χ0v) is 11.6. The van der Waals surface area contributed by atoms with Crippen LogP contribution in [0.25, 0.3) is 22.2 Å². The van der Waals surface area contributed by atoms with Crippen LogP contribution >= 0.6 is 11.3 Å². The van der Waals surface area contributed by atoms with Crippen LogP contribution in [-0.4, -0.2) is 16.5 Å². The van der Waals surface area contributed by atoms with Gasteiger partial charge in [0.2, 0.25) is 0 Å². The van der Waals surface area contributed by atoms with Crippen LogP contribution in [-0.2, 0) is 0 Å². The predicted octanol–water partition coefficient (Wildman–Crippen LogP) is 4.20. The molecule has 1 aromatic carbocycles. The van der Waals surface area contributed by atoms with Gasteiger partial charge in [-0.05, 0) is 19.1 Å². The zero-order chi connectivity index (χ0) is 13.2. The van der Waals surface area contributed by atoms with E-state index in [1.807, 2.05) is 12.3 Å². The molecule has 3 rings (SSSR count). The van der Waals surface area contributed by atoms with Crippen molar-refractivity contribution in [2.45, 2.75) is 6.92 Å². The lowest BCUT2D eigenvalue weighted by atomic mass is 10.1. The van der Waals surface area contributed by atoms with Crippen molar-refractivity contribution >= 4 is 27.4 Å². The molecule has 0 bridgehead atoms. The van der Waals surface area contributed by atoms with Gasteiger partial charge in [0.1, 0.15) is 0 Å². The molecule has 0 fully saturated rings. The average Bonchev–Trinajstić information content (AvgIpc) is 3.01. The summed E-state index contributed by atoms with van der Waals surface area (Å²) in [4.78, 5) is 7.90. The number of hydrogen-bond donors (Lipinski definition) is 2. The first kappa shape index (κ1) is 12.0. The van der Waals surface area contributed by atoms with Crippen molar-refractivity contribution in [1.82, 2.24) is 9.97 Å². The van der Waals surface area contributed by atoms with Crippen LogP contribution in [0.4, 0.5) is 5.13 Å². The number of nitrogens with one attached hydrogen (secondary N) is 2. The summed E-state index contributed by atoms with van der Waals surface area (Å²) in [5.74, 6) is 0. The maximum absolute atomic E-state index is 4.61. The Morgan fingerprint density at radius 2 is 2.37 bits per heavy atom. The molecule has 0 aliphatic carbocycles. The van der Waals surface area contributed by atoms with Crippen LogP contribution in [0.1, 0.15) is 5.56 Å². The highest BCUT2D eigenvalue weighted by Gasteiger charge is 2.09. The van der Waals surface area contributed by atoms with E-state index in [4.69, 9.17) is 0 Å². The van der Waals surface area contributed by atoms with E-state index >= 15 is 0 Å². The predicted molar refractivity (Wildman–Crippen MR) is 82.8 cm³/mol. The third-order valence-corrected chi connectivity index (χ3v) is 3.82. The molecule has 0 amide bonds. The summed E-state index contributed by atoms with van der Waals surface area (Å²) in [6.45, 7) is 6.53. The molecule has 2 N–H and O–H groups in total. The molecule has 0 unspecified atom stereocenters. The minimum Gasteiger partial charge on any atom is -0.360 e. The van der Waals surface area contributed by atoms with Crippen molar-refractivity contribution < 1.29 is 0 Å². The molecule has 0 saturated heterocycles. The average molecular weight is 269 g/mol. The number of nitrogens with zero attached hydrogens (tertiary/aromatic N) is 1. The Hall–Kier alpha value is -2.07. The SMILES string of the molecule is C=CCNc1nc(-c2c[nH]c3ccc(C)cc23)cs1. The van der Waals surface area contributed by atoms with Gasteiger partial charge in [-0.15, -0.1) is 17.9 Å². The topological polar surface area (TPSA) is 40.7 Å². The lowest BCUT2D eigenvalue weighted by molar-refractivity contribution is 1.29. The second-order valence-corrected chi connectivity index (χ2v) is 5.32. The number of hydrogen-bond acceptors (Lipinski definition) is 3. The molecular formula is C15H15N3S. The minimum absolute atomic E-state index is 0.736. The monoisotopic (exact) mass is 269 g/mol. The Labute approximate surface area is 116 Å². The van der Waals surface area contributed by atoms with Gasteiger partial charge < -0.3 is 10.3 Å². The van der Waals surface area contributed by atoms with Crippen molar-refractivity contribution in [3.05, 3.63) is 48.0 Å². The normalized spacial score (nSPS) is 10.8. The Morgan fingerprint density at radius 1 is 1.47 bits per heavy atom. The van der Waals surface area contributed by atoms with Gasteiger partial charge in [0.15, 0.2) is 5.13 Å². The maximum atomic E-state index is 4.61. The van der Waals surface area contributed by atoms with Crippen molar-refractivity contribution in [1.29, 1.82) is 0 Å². The first-order chi connectivity index (χ1) is 9.28. The van der Waals surface area contributed by atoms with Crippen molar-refractivity contribution in [2.75, 3.05) is 11.9 Å². The highest BCUT2D eigenvalue weighted by atomic mass is 32.1. The van der Waals surface area contributed by atoms with E-state index in [2.05, 4.69) is 52.4 Å². The van der Waals surface area contributed by atoms with E-state index in [0.717, 1.165) is 28.5 Å². The van der Waals surface area contributed by atoms with E-state index in [1.165, 1.54) is 10.9 Å². The number of fused-ring (bicyclic) bond motifs is 1. The summed E-state index contributed by atoms with van der Waals surface area (Å²) in [5, 5.41) is 7.45. The van der Waals surface area contributed by atoms with Crippen LogP contribution in [0.3, 0.4) is 0 Å². The number of aryl methyl sites for hydroxylation is 1. The number of aromatic amines is 1. The zero-order valence-electron chi connectivity index (χ0n) is 10.7. The molecule has 0 aliphatic rings. The second-order valence-electron chi connectivity index (χ2n) is 4.46. The standard InChI is InChI=1S/C15H15N3S/c1-3-6-16-15-18-14(9-19-15)12-8-17-13-5-4-10(2)7-11(12)13/h3-5,7-9,17H,1,6H2,2H3,(H,16,18). The Kier molecular flexibility index (Phi) is 3.09. The van der Waals surface area contributed by atoms with Crippen LogP contribution < -0.4 is 5.32 Å². The van der Waals surface area contributed by atoms with Crippen molar-refractivity contribution in [2.24, 2.45) is 0 Å². The fourth-order valence-corrected chi connectivity index (χ4v) is 2.81. The molecule has 0 atom stereocenters. The summed E-state index contributed by atoms with van der Waals surface area (Å²) in [6, 6.07) is 6.41. The summed E-state index contributed by atoms with van der Waals surface area (Å²) in [7, 11) is 0. The summed E-state index contributed by atoms with van der Waals surface area (Å²) in [5.41, 5.74) is 4.57. The quantitative estimate of drug-likeness (QED) is 0.697. The molecule has 2 aromatic heterocycles. The lowest BCUT2D eigenvalue weighted by Crippen LogP contribution is -1.96. The number of aromatic nitrogens is 2. The van der Waals surface area contributed by atoms with Crippen molar-refractivity contribution in [3.63, 3.8) is 0 Å². The van der Waals surface area contributed by atoms with Gasteiger partial charge in [-0.3, -0.25) is 0 Å². The van der Waals surface area contributed by atoms with Gasteiger partial charge in [-0.2, -0.15) is 0 Å². The van der Waals surface area contributed by atoms with E-state index in [0.29, 0.717) is 0 Å². The van der Waals surface area contributed by atoms with Crippen LogP contribution in [0.2, 0.25) is 0 Å². The molecule has 0 saturated carbocycles. The molecular weight excluding hydrogens is 254 g/mol. The molecule has 19 heavy (non-hydrogen) atoms. The molecule has 4 heteroatoms. The highest BCUT2D eigenvalue weighted by molar-refractivity contribution is 7.14.